The standard InChI is InChI=1S/C17H23F3N4O2.HI/c1-3-21-17(24-9-7-23(8-10-24)12(2)25)22-11-13-14(18)5-4-6-15(13)26-16(19)20;/h4-6,16H,3,7-11H2,1-2H3,(H,21,22);1H. The Morgan fingerprint density at radius 1 is 1.26 bits per heavy atom. The summed E-state index contributed by atoms with van der Waals surface area (Å²) in [5, 5.41) is 3.11. The zero-order valence-electron chi connectivity index (χ0n) is 15.3. The Balaban J connectivity index is 0.00000364. The Labute approximate surface area is 173 Å². The van der Waals surface area contributed by atoms with Crippen LogP contribution >= 0.6 is 24.0 Å². The van der Waals surface area contributed by atoms with Crippen molar-refractivity contribution in [2.45, 2.75) is 27.0 Å². The monoisotopic (exact) mass is 500 g/mol. The quantitative estimate of drug-likeness (QED) is 0.384. The lowest BCUT2D eigenvalue weighted by Crippen LogP contribution is -2.53. The molecule has 0 saturated carbocycles. The first-order valence-electron chi connectivity index (χ1n) is 8.43. The fourth-order valence-corrected chi connectivity index (χ4v) is 2.71. The molecule has 0 radical (unpaired) electrons. The summed E-state index contributed by atoms with van der Waals surface area (Å²) in [4.78, 5) is 19.5. The molecule has 1 aliphatic rings. The largest absolute Gasteiger partial charge is 0.434 e. The predicted molar refractivity (Wildman–Crippen MR) is 107 cm³/mol. The summed E-state index contributed by atoms with van der Waals surface area (Å²) in [5.74, 6) is -0.307. The van der Waals surface area contributed by atoms with Crippen LogP contribution in [0.1, 0.15) is 19.4 Å². The van der Waals surface area contributed by atoms with E-state index in [4.69, 9.17) is 0 Å². The van der Waals surface area contributed by atoms with E-state index >= 15 is 0 Å². The molecule has 0 aromatic heterocycles. The number of nitrogens with zero attached hydrogens (tertiary/aromatic N) is 3. The van der Waals surface area contributed by atoms with Gasteiger partial charge in [0.25, 0.3) is 0 Å². The Morgan fingerprint density at radius 2 is 1.89 bits per heavy atom. The fourth-order valence-electron chi connectivity index (χ4n) is 2.71. The van der Waals surface area contributed by atoms with Crippen molar-refractivity contribution in [2.24, 2.45) is 4.99 Å². The first-order valence-corrected chi connectivity index (χ1v) is 8.43. The van der Waals surface area contributed by atoms with Gasteiger partial charge in [-0.2, -0.15) is 8.78 Å². The van der Waals surface area contributed by atoms with Crippen molar-refractivity contribution < 1.29 is 22.7 Å². The van der Waals surface area contributed by atoms with Crippen LogP contribution in [0.5, 0.6) is 5.75 Å². The first kappa shape index (κ1) is 23.3. The number of guanidine groups is 1. The van der Waals surface area contributed by atoms with Crippen LogP contribution in [0.25, 0.3) is 0 Å². The van der Waals surface area contributed by atoms with Crippen LogP contribution in [0, 0.1) is 5.82 Å². The Kier molecular flexibility index (Phi) is 9.67. The molecule has 1 fully saturated rings. The van der Waals surface area contributed by atoms with E-state index in [0.717, 1.165) is 0 Å². The number of aliphatic imine (C=N–C) groups is 1. The van der Waals surface area contributed by atoms with Crippen LogP contribution in [-0.2, 0) is 11.3 Å². The molecule has 1 N–H and O–H groups in total. The van der Waals surface area contributed by atoms with Crippen LogP contribution in [0.15, 0.2) is 23.2 Å². The molecule has 0 unspecified atom stereocenters. The van der Waals surface area contributed by atoms with Gasteiger partial charge in [0.2, 0.25) is 5.91 Å². The summed E-state index contributed by atoms with van der Waals surface area (Å²) in [6, 6.07) is 3.78. The van der Waals surface area contributed by atoms with Crippen molar-refractivity contribution in [1.82, 2.24) is 15.1 Å². The highest BCUT2D eigenvalue weighted by atomic mass is 127. The van der Waals surface area contributed by atoms with E-state index in [-0.39, 0.29) is 47.7 Å². The molecule has 0 bridgehead atoms. The number of amides is 1. The number of nitrogens with one attached hydrogen (secondary N) is 1. The molecular weight excluding hydrogens is 476 g/mol. The van der Waals surface area contributed by atoms with Crippen molar-refractivity contribution in [3.8, 4) is 5.75 Å². The van der Waals surface area contributed by atoms with E-state index in [9.17, 15) is 18.0 Å². The predicted octanol–water partition coefficient (Wildman–Crippen LogP) is 2.67. The number of rotatable bonds is 5. The lowest BCUT2D eigenvalue weighted by Gasteiger charge is -2.36. The highest BCUT2D eigenvalue weighted by Gasteiger charge is 2.21. The van der Waals surface area contributed by atoms with Gasteiger partial charge >= 0.3 is 6.61 Å². The summed E-state index contributed by atoms with van der Waals surface area (Å²) in [6.45, 7) is 3.16. The lowest BCUT2D eigenvalue weighted by atomic mass is 10.2. The molecule has 27 heavy (non-hydrogen) atoms. The second-order valence-corrected chi connectivity index (χ2v) is 5.76. The number of hydrogen-bond acceptors (Lipinski definition) is 3. The minimum absolute atomic E-state index is 0. The maximum absolute atomic E-state index is 14.0. The molecule has 1 saturated heterocycles. The van der Waals surface area contributed by atoms with Crippen LogP contribution in [0.2, 0.25) is 0 Å². The highest BCUT2D eigenvalue weighted by molar-refractivity contribution is 14.0. The van der Waals surface area contributed by atoms with E-state index in [1.165, 1.54) is 25.1 Å². The molecule has 0 aliphatic carbocycles. The zero-order chi connectivity index (χ0) is 19.1. The van der Waals surface area contributed by atoms with Crippen LogP contribution in [0.4, 0.5) is 13.2 Å². The number of benzene rings is 1. The third-order valence-corrected chi connectivity index (χ3v) is 4.04. The van der Waals surface area contributed by atoms with Crippen molar-refractivity contribution in [2.75, 3.05) is 32.7 Å². The van der Waals surface area contributed by atoms with Crippen LogP contribution < -0.4 is 10.1 Å². The van der Waals surface area contributed by atoms with Crippen molar-refractivity contribution in [1.29, 1.82) is 0 Å². The minimum Gasteiger partial charge on any atom is -0.434 e. The van der Waals surface area contributed by atoms with E-state index in [0.29, 0.717) is 38.7 Å². The van der Waals surface area contributed by atoms with Crippen molar-refractivity contribution in [3.63, 3.8) is 0 Å². The van der Waals surface area contributed by atoms with Gasteiger partial charge in [0.05, 0.1) is 12.1 Å². The van der Waals surface area contributed by atoms with Gasteiger partial charge < -0.3 is 19.9 Å². The van der Waals surface area contributed by atoms with Gasteiger partial charge in [0.1, 0.15) is 11.6 Å². The Hall–Kier alpha value is -1.72. The molecule has 0 atom stereocenters. The normalized spacial score (nSPS) is 14.8. The minimum atomic E-state index is -3.03. The number of alkyl halides is 2. The summed E-state index contributed by atoms with van der Waals surface area (Å²) in [5.41, 5.74) is -0.0226. The fraction of sp³-hybridized carbons (Fsp3) is 0.529. The molecule has 1 aliphatic heterocycles. The van der Waals surface area contributed by atoms with E-state index in [1.807, 2.05) is 11.8 Å². The third-order valence-electron chi connectivity index (χ3n) is 4.04. The SMILES string of the molecule is CCNC(=NCc1c(F)cccc1OC(F)F)N1CCN(C(C)=O)CC1.I. The van der Waals surface area contributed by atoms with E-state index in [1.54, 1.807) is 4.90 Å². The molecule has 10 heteroatoms. The van der Waals surface area contributed by atoms with Gasteiger partial charge in [-0.1, -0.05) is 6.07 Å². The van der Waals surface area contributed by atoms with Gasteiger partial charge in [-0.3, -0.25) is 4.79 Å². The highest BCUT2D eigenvalue weighted by Crippen LogP contribution is 2.24. The average molecular weight is 500 g/mol. The smallest absolute Gasteiger partial charge is 0.387 e. The van der Waals surface area contributed by atoms with Crippen LogP contribution in [-0.4, -0.2) is 61.0 Å². The third kappa shape index (κ3) is 6.74. The topological polar surface area (TPSA) is 57.2 Å². The first-order chi connectivity index (χ1) is 12.4. The zero-order valence-corrected chi connectivity index (χ0v) is 17.6. The van der Waals surface area contributed by atoms with Crippen molar-refractivity contribution >= 4 is 35.8 Å². The maximum Gasteiger partial charge on any atom is 0.387 e. The molecule has 152 valence electrons. The molecule has 6 nitrogen and oxygen atoms in total. The molecule has 1 heterocycles. The number of piperazine rings is 1. The number of halogens is 4. The number of ether oxygens (including phenoxy) is 1. The van der Waals surface area contributed by atoms with Crippen LogP contribution in [0.3, 0.4) is 0 Å². The van der Waals surface area contributed by atoms with Gasteiger partial charge in [-0.05, 0) is 19.1 Å². The summed E-state index contributed by atoms with van der Waals surface area (Å²) in [7, 11) is 0. The summed E-state index contributed by atoms with van der Waals surface area (Å²) >= 11 is 0. The van der Waals surface area contributed by atoms with E-state index in [2.05, 4.69) is 15.0 Å². The maximum atomic E-state index is 14.0. The molecule has 1 aromatic carbocycles. The van der Waals surface area contributed by atoms with Gasteiger partial charge in [-0.15, -0.1) is 24.0 Å². The second kappa shape index (κ2) is 11.2. The summed E-state index contributed by atoms with van der Waals surface area (Å²) in [6.07, 6.45) is 0. The van der Waals surface area contributed by atoms with Crippen molar-refractivity contribution in [3.05, 3.63) is 29.6 Å². The molecule has 0 spiro atoms. The summed E-state index contributed by atoms with van der Waals surface area (Å²) < 4.78 is 43.5. The van der Waals surface area contributed by atoms with E-state index < -0.39 is 12.4 Å². The molecule has 2 rings (SSSR count). The molecule has 1 aromatic rings. The Bertz CT molecular complexity index is 653. The molecule has 1 amide bonds. The van der Waals surface area contributed by atoms with Gasteiger partial charge in [-0.25, -0.2) is 9.38 Å². The average Bonchev–Trinajstić information content (AvgIpc) is 2.60. The number of hydrogen-bond donors (Lipinski definition) is 1. The number of carbonyl (C=O) groups excluding carboxylic acids is 1. The lowest BCUT2D eigenvalue weighted by molar-refractivity contribution is -0.130. The number of carbonyl (C=O) groups is 1. The second-order valence-electron chi connectivity index (χ2n) is 5.76. The van der Waals surface area contributed by atoms with Gasteiger partial charge in [0, 0.05) is 39.6 Å². The Morgan fingerprint density at radius 3 is 2.44 bits per heavy atom. The molecular formula is C17H24F3IN4O2. The van der Waals surface area contributed by atoms with Gasteiger partial charge in [0.15, 0.2) is 5.96 Å².